The van der Waals surface area contributed by atoms with E-state index in [9.17, 15) is 0 Å². The van der Waals surface area contributed by atoms with Gasteiger partial charge in [0.2, 0.25) is 24.3 Å². The second-order valence-electron chi connectivity index (χ2n) is 2.49. The Morgan fingerprint density at radius 3 is 1.69 bits per heavy atom. The van der Waals surface area contributed by atoms with Gasteiger partial charge in [-0.3, -0.25) is 0 Å². The molecule has 0 aromatic carbocycles. The molecule has 0 bridgehead atoms. The zero-order valence-corrected chi connectivity index (χ0v) is 8.12. The minimum Gasteiger partial charge on any atom is -0.376 e. The molecule has 1 aromatic heterocycles. The SMILES string of the molecule is OCNc1nc(NCO)nc(NC(O)O)n1. The molecule has 10 heteroatoms. The summed E-state index contributed by atoms with van der Waals surface area (Å²) in [6.45, 7) is -0.798. The normalized spacial score (nSPS) is 10.3. The first kappa shape index (κ1) is 12.3. The molecular weight excluding hydrogens is 220 g/mol. The van der Waals surface area contributed by atoms with E-state index >= 15 is 0 Å². The lowest BCUT2D eigenvalue weighted by atomic mass is 10.7. The largest absolute Gasteiger partial charge is 0.376 e. The van der Waals surface area contributed by atoms with Crippen molar-refractivity contribution in [3.05, 3.63) is 0 Å². The summed E-state index contributed by atoms with van der Waals surface area (Å²) in [6.07, 6.45) is -1.83. The Labute approximate surface area is 90.0 Å². The van der Waals surface area contributed by atoms with Crippen LogP contribution in [0.4, 0.5) is 17.8 Å². The van der Waals surface area contributed by atoms with Gasteiger partial charge in [-0.15, -0.1) is 0 Å². The molecule has 90 valence electrons. The van der Waals surface area contributed by atoms with Crippen molar-refractivity contribution in [2.45, 2.75) is 6.41 Å². The molecule has 16 heavy (non-hydrogen) atoms. The highest BCUT2D eigenvalue weighted by molar-refractivity contribution is 5.41. The van der Waals surface area contributed by atoms with Crippen LogP contribution in [0.1, 0.15) is 0 Å². The van der Waals surface area contributed by atoms with Crippen LogP contribution >= 0.6 is 0 Å². The Balaban J connectivity index is 2.88. The first-order chi connectivity index (χ1) is 7.65. The van der Waals surface area contributed by atoms with Crippen molar-refractivity contribution < 1.29 is 20.4 Å². The molecule has 1 rings (SSSR count). The highest BCUT2D eigenvalue weighted by atomic mass is 16.5. The van der Waals surface area contributed by atoms with E-state index in [1.165, 1.54) is 0 Å². The van der Waals surface area contributed by atoms with Crippen LogP contribution in [0.5, 0.6) is 0 Å². The van der Waals surface area contributed by atoms with Crippen molar-refractivity contribution in [1.29, 1.82) is 0 Å². The fourth-order valence-corrected chi connectivity index (χ4v) is 0.855. The third-order valence-corrected chi connectivity index (χ3v) is 1.37. The van der Waals surface area contributed by atoms with Gasteiger partial charge in [-0.1, -0.05) is 0 Å². The Kier molecular flexibility index (Phi) is 4.60. The molecule has 0 aliphatic heterocycles. The third kappa shape index (κ3) is 3.78. The molecule has 0 fully saturated rings. The number of hydrogen-bond acceptors (Lipinski definition) is 10. The molecular formula is C6H12N6O4. The molecule has 7 N–H and O–H groups in total. The molecule has 1 aromatic rings. The van der Waals surface area contributed by atoms with E-state index in [1.807, 2.05) is 0 Å². The van der Waals surface area contributed by atoms with Crippen molar-refractivity contribution in [2.75, 3.05) is 29.4 Å². The van der Waals surface area contributed by atoms with Crippen molar-refractivity contribution >= 4 is 17.8 Å². The summed E-state index contributed by atoms with van der Waals surface area (Å²) in [4.78, 5) is 11.2. The first-order valence-corrected chi connectivity index (χ1v) is 4.24. The average molecular weight is 232 g/mol. The number of anilines is 3. The van der Waals surface area contributed by atoms with Crippen LogP contribution in [0, 0.1) is 0 Å². The molecule has 0 radical (unpaired) electrons. The highest BCUT2D eigenvalue weighted by Crippen LogP contribution is 2.08. The number of nitrogens with zero attached hydrogens (tertiary/aromatic N) is 3. The number of aliphatic hydroxyl groups is 4. The molecule has 0 saturated heterocycles. The fourth-order valence-electron chi connectivity index (χ4n) is 0.855. The summed E-state index contributed by atoms with van der Waals surface area (Å²) in [5, 5.41) is 41.4. The van der Waals surface area contributed by atoms with Crippen LogP contribution in [0.2, 0.25) is 0 Å². The van der Waals surface area contributed by atoms with Gasteiger partial charge in [-0.2, -0.15) is 15.0 Å². The molecule has 1 heterocycles. The van der Waals surface area contributed by atoms with Crippen LogP contribution in [-0.4, -0.2) is 55.3 Å². The summed E-state index contributed by atoms with van der Waals surface area (Å²) in [5.74, 6) is -0.106. The third-order valence-electron chi connectivity index (χ3n) is 1.37. The van der Waals surface area contributed by atoms with Gasteiger partial charge in [0.05, 0.1) is 0 Å². The highest BCUT2D eigenvalue weighted by Gasteiger charge is 2.07. The van der Waals surface area contributed by atoms with Crippen LogP contribution in [-0.2, 0) is 0 Å². The number of rotatable bonds is 6. The summed E-state index contributed by atoms with van der Waals surface area (Å²) in [6, 6.07) is 0. The Hall–Kier alpha value is -1.75. The molecule has 0 spiro atoms. The molecule has 0 aliphatic carbocycles. The van der Waals surface area contributed by atoms with E-state index in [0.717, 1.165) is 0 Å². The summed E-state index contributed by atoms with van der Waals surface area (Å²) >= 11 is 0. The van der Waals surface area contributed by atoms with Crippen LogP contribution < -0.4 is 16.0 Å². The lowest BCUT2D eigenvalue weighted by Crippen LogP contribution is -2.20. The number of aromatic nitrogens is 3. The van der Waals surface area contributed by atoms with Crippen molar-refractivity contribution in [1.82, 2.24) is 15.0 Å². The van der Waals surface area contributed by atoms with E-state index in [0.29, 0.717) is 0 Å². The molecule has 0 atom stereocenters. The van der Waals surface area contributed by atoms with E-state index in [-0.39, 0.29) is 17.8 Å². The zero-order chi connectivity index (χ0) is 12.0. The molecule has 0 saturated carbocycles. The van der Waals surface area contributed by atoms with Gasteiger partial charge in [-0.05, 0) is 0 Å². The van der Waals surface area contributed by atoms with Crippen LogP contribution in [0.25, 0.3) is 0 Å². The molecule has 0 aliphatic rings. The topological polar surface area (TPSA) is 156 Å². The maximum atomic E-state index is 8.65. The summed E-state index contributed by atoms with van der Waals surface area (Å²) in [7, 11) is 0. The maximum absolute atomic E-state index is 8.65. The minimum atomic E-state index is -1.83. The second kappa shape index (κ2) is 5.97. The van der Waals surface area contributed by atoms with Gasteiger partial charge in [0.25, 0.3) is 0 Å². The van der Waals surface area contributed by atoms with Gasteiger partial charge in [0.15, 0.2) is 0 Å². The molecule has 10 nitrogen and oxygen atoms in total. The smallest absolute Gasteiger partial charge is 0.235 e. The van der Waals surface area contributed by atoms with Crippen molar-refractivity contribution in [2.24, 2.45) is 0 Å². The monoisotopic (exact) mass is 232 g/mol. The van der Waals surface area contributed by atoms with Gasteiger partial charge in [-0.25, -0.2) is 0 Å². The second-order valence-corrected chi connectivity index (χ2v) is 2.49. The van der Waals surface area contributed by atoms with Crippen molar-refractivity contribution in [3.63, 3.8) is 0 Å². The van der Waals surface area contributed by atoms with Gasteiger partial charge in [0.1, 0.15) is 13.5 Å². The number of nitrogens with one attached hydrogen (secondary N) is 3. The lowest BCUT2D eigenvalue weighted by molar-refractivity contribution is -0.0153. The Bertz CT molecular complexity index is 311. The van der Waals surface area contributed by atoms with Crippen LogP contribution in [0.3, 0.4) is 0 Å². The van der Waals surface area contributed by atoms with E-state index in [1.54, 1.807) is 0 Å². The predicted molar refractivity (Wildman–Crippen MR) is 53.1 cm³/mol. The summed E-state index contributed by atoms with van der Waals surface area (Å²) < 4.78 is 0. The van der Waals surface area contributed by atoms with Gasteiger partial charge < -0.3 is 36.4 Å². The van der Waals surface area contributed by atoms with Gasteiger partial charge >= 0.3 is 0 Å². The maximum Gasteiger partial charge on any atom is 0.235 e. The standard InChI is InChI=1S/C6H12N6O4/c13-1-7-3-9-4(8-2-14)11-5(10-3)12-6(15)16/h6,13-16H,1-2H2,(H3,7,8,9,10,11,12). The lowest BCUT2D eigenvalue weighted by Gasteiger charge is -2.09. The first-order valence-electron chi connectivity index (χ1n) is 4.24. The summed E-state index contributed by atoms with van der Waals surface area (Å²) in [5.41, 5.74) is 0. The van der Waals surface area contributed by atoms with E-state index in [4.69, 9.17) is 20.4 Å². The van der Waals surface area contributed by atoms with Gasteiger partial charge in [0, 0.05) is 0 Å². The molecule has 0 unspecified atom stereocenters. The molecule has 0 amide bonds. The van der Waals surface area contributed by atoms with E-state index < -0.39 is 19.9 Å². The quantitative estimate of drug-likeness (QED) is 0.257. The Morgan fingerprint density at radius 1 is 0.875 bits per heavy atom. The zero-order valence-electron chi connectivity index (χ0n) is 8.12. The van der Waals surface area contributed by atoms with Crippen molar-refractivity contribution in [3.8, 4) is 0 Å². The van der Waals surface area contributed by atoms with E-state index in [2.05, 4.69) is 30.9 Å². The average Bonchev–Trinajstić information content (AvgIpc) is 2.17. The predicted octanol–water partition coefficient (Wildman–Crippen LogP) is -2.72. The Morgan fingerprint density at radius 2 is 1.31 bits per heavy atom. The van der Waals surface area contributed by atoms with Crippen LogP contribution in [0.15, 0.2) is 0 Å². The fraction of sp³-hybridized carbons (Fsp3) is 0.500. The number of aliphatic hydroxyl groups excluding tert-OH is 3. The minimum absolute atomic E-state index is 0.0107. The number of hydrogen-bond donors (Lipinski definition) is 7.